The van der Waals surface area contributed by atoms with E-state index in [0.717, 1.165) is 18.9 Å². The zero-order valence-electron chi connectivity index (χ0n) is 13.2. The molecule has 0 saturated heterocycles. The van der Waals surface area contributed by atoms with Crippen molar-refractivity contribution >= 4 is 0 Å². The molecule has 1 aromatic rings. The van der Waals surface area contributed by atoms with Gasteiger partial charge in [-0.2, -0.15) is 0 Å². The van der Waals surface area contributed by atoms with Gasteiger partial charge in [0.15, 0.2) is 0 Å². The van der Waals surface area contributed by atoms with Crippen LogP contribution in [0.4, 0.5) is 0 Å². The van der Waals surface area contributed by atoms with E-state index in [4.69, 9.17) is 0 Å². The molecule has 0 bridgehead atoms. The molecule has 2 nitrogen and oxygen atoms in total. The van der Waals surface area contributed by atoms with Gasteiger partial charge in [0.25, 0.3) is 0 Å². The topological polar surface area (TPSA) is 32.3 Å². The van der Waals surface area contributed by atoms with Gasteiger partial charge in [0.05, 0.1) is 0 Å². The SMILES string of the molecule is CC(C)(C)C1CCC(NCCc2ccc(O)cc2)CC1. The van der Waals surface area contributed by atoms with Gasteiger partial charge in [-0.05, 0) is 67.7 Å². The number of hydrogen-bond donors (Lipinski definition) is 2. The van der Waals surface area contributed by atoms with Crippen molar-refractivity contribution < 1.29 is 5.11 Å². The smallest absolute Gasteiger partial charge is 0.115 e. The van der Waals surface area contributed by atoms with Crippen molar-refractivity contribution in [2.45, 2.75) is 58.9 Å². The number of hydrogen-bond acceptors (Lipinski definition) is 2. The van der Waals surface area contributed by atoms with Gasteiger partial charge in [0.2, 0.25) is 0 Å². The van der Waals surface area contributed by atoms with Crippen LogP contribution >= 0.6 is 0 Å². The van der Waals surface area contributed by atoms with Gasteiger partial charge < -0.3 is 10.4 Å². The van der Waals surface area contributed by atoms with Crippen molar-refractivity contribution in [3.8, 4) is 5.75 Å². The lowest BCUT2D eigenvalue weighted by molar-refractivity contribution is 0.160. The maximum absolute atomic E-state index is 9.26. The summed E-state index contributed by atoms with van der Waals surface area (Å²) in [6.07, 6.45) is 6.40. The normalized spacial score (nSPS) is 23.8. The molecule has 0 atom stereocenters. The first-order valence-corrected chi connectivity index (χ1v) is 7.96. The molecule has 112 valence electrons. The van der Waals surface area contributed by atoms with E-state index >= 15 is 0 Å². The van der Waals surface area contributed by atoms with Gasteiger partial charge in [0, 0.05) is 6.04 Å². The van der Waals surface area contributed by atoms with Gasteiger partial charge in [-0.25, -0.2) is 0 Å². The summed E-state index contributed by atoms with van der Waals surface area (Å²) in [6.45, 7) is 8.15. The fourth-order valence-corrected chi connectivity index (χ4v) is 3.25. The Morgan fingerprint density at radius 3 is 2.20 bits per heavy atom. The molecule has 20 heavy (non-hydrogen) atoms. The highest BCUT2D eigenvalue weighted by molar-refractivity contribution is 5.25. The molecular weight excluding hydrogens is 246 g/mol. The van der Waals surface area contributed by atoms with E-state index in [2.05, 4.69) is 26.1 Å². The van der Waals surface area contributed by atoms with Crippen LogP contribution in [0.5, 0.6) is 5.75 Å². The highest BCUT2D eigenvalue weighted by Gasteiger charge is 2.29. The van der Waals surface area contributed by atoms with Crippen LogP contribution in [-0.2, 0) is 6.42 Å². The molecule has 0 radical (unpaired) electrons. The Morgan fingerprint density at radius 2 is 1.65 bits per heavy atom. The Hall–Kier alpha value is -1.02. The Kier molecular flexibility index (Phi) is 5.09. The fourth-order valence-electron chi connectivity index (χ4n) is 3.25. The van der Waals surface area contributed by atoms with Crippen molar-refractivity contribution in [3.05, 3.63) is 29.8 Å². The molecule has 2 heteroatoms. The maximum atomic E-state index is 9.26. The Morgan fingerprint density at radius 1 is 1.05 bits per heavy atom. The summed E-state index contributed by atoms with van der Waals surface area (Å²) < 4.78 is 0. The van der Waals surface area contributed by atoms with Crippen LogP contribution in [0.2, 0.25) is 0 Å². The molecule has 0 amide bonds. The lowest BCUT2D eigenvalue weighted by Gasteiger charge is -2.37. The zero-order valence-corrected chi connectivity index (χ0v) is 13.2. The summed E-state index contributed by atoms with van der Waals surface area (Å²) in [7, 11) is 0. The van der Waals surface area contributed by atoms with E-state index in [-0.39, 0.29) is 0 Å². The molecule has 2 rings (SSSR count). The fraction of sp³-hybridized carbons (Fsp3) is 0.667. The van der Waals surface area contributed by atoms with Gasteiger partial charge in [-0.1, -0.05) is 32.9 Å². The molecule has 0 aromatic heterocycles. The Bertz CT molecular complexity index is 396. The van der Waals surface area contributed by atoms with E-state index in [9.17, 15) is 5.11 Å². The highest BCUT2D eigenvalue weighted by Crippen LogP contribution is 2.37. The Labute approximate surface area is 123 Å². The second-order valence-electron chi connectivity index (χ2n) is 7.29. The molecule has 1 aliphatic carbocycles. The molecule has 1 saturated carbocycles. The summed E-state index contributed by atoms with van der Waals surface area (Å²) in [5.41, 5.74) is 1.76. The van der Waals surface area contributed by atoms with Gasteiger partial charge in [-0.3, -0.25) is 0 Å². The molecule has 1 fully saturated rings. The first-order chi connectivity index (χ1) is 9.45. The predicted octanol–water partition coefficient (Wildman–Crippen LogP) is 4.13. The molecule has 1 aromatic carbocycles. The number of aromatic hydroxyl groups is 1. The predicted molar refractivity (Wildman–Crippen MR) is 85.0 cm³/mol. The van der Waals surface area contributed by atoms with Crippen molar-refractivity contribution in [1.82, 2.24) is 5.32 Å². The van der Waals surface area contributed by atoms with Gasteiger partial charge >= 0.3 is 0 Å². The van der Waals surface area contributed by atoms with Gasteiger partial charge in [-0.15, -0.1) is 0 Å². The third-order valence-corrected chi connectivity index (χ3v) is 4.73. The zero-order chi connectivity index (χ0) is 14.6. The minimum Gasteiger partial charge on any atom is -0.508 e. The summed E-state index contributed by atoms with van der Waals surface area (Å²) in [4.78, 5) is 0. The van der Waals surface area contributed by atoms with E-state index in [0.29, 0.717) is 17.2 Å². The highest BCUT2D eigenvalue weighted by atomic mass is 16.3. The minimum absolute atomic E-state index is 0.349. The Balaban J connectivity index is 1.67. The number of nitrogens with one attached hydrogen (secondary N) is 1. The van der Waals surface area contributed by atoms with Crippen molar-refractivity contribution in [2.24, 2.45) is 11.3 Å². The average molecular weight is 275 g/mol. The van der Waals surface area contributed by atoms with E-state index in [1.54, 1.807) is 12.1 Å². The number of rotatable bonds is 4. The van der Waals surface area contributed by atoms with Crippen LogP contribution in [0.3, 0.4) is 0 Å². The number of benzene rings is 1. The standard InChI is InChI=1S/C18H29NO/c1-18(2,3)15-6-8-16(9-7-15)19-13-12-14-4-10-17(20)11-5-14/h4-5,10-11,15-16,19-20H,6-9,12-13H2,1-3H3. The second-order valence-corrected chi connectivity index (χ2v) is 7.29. The summed E-state index contributed by atoms with van der Waals surface area (Å²) >= 11 is 0. The number of phenolic OH excluding ortho intramolecular Hbond substituents is 1. The summed E-state index contributed by atoms with van der Waals surface area (Å²) in [5.74, 6) is 1.24. The largest absolute Gasteiger partial charge is 0.508 e. The van der Waals surface area contributed by atoms with E-state index in [1.807, 2.05) is 12.1 Å². The molecular formula is C18H29NO. The van der Waals surface area contributed by atoms with Crippen LogP contribution in [0.25, 0.3) is 0 Å². The average Bonchev–Trinajstić information content (AvgIpc) is 2.41. The maximum Gasteiger partial charge on any atom is 0.115 e. The lowest BCUT2D eigenvalue weighted by Crippen LogP contribution is -2.37. The summed E-state index contributed by atoms with van der Waals surface area (Å²) in [6, 6.07) is 8.25. The first-order valence-electron chi connectivity index (χ1n) is 7.96. The number of phenols is 1. The molecule has 0 unspecified atom stereocenters. The summed E-state index contributed by atoms with van der Waals surface area (Å²) in [5, 5.41) is 13.0. The monoisotopic (exact) mass is 275 g/mol. The van der Waals surface area contributed by atoms with E-state index in [1.165, 1.54) is 31.2 Å². The van der Waals surface area contributed by atoms with Crippen molar-refractivity contribution in [3.63, 3.8) is 0 Å². The third-order valence-electron chi connectivity index (χ3n) is 4.73. The molecule has 0 spiro atoms. The molecule has 0 aliphatic heterocycles. The quantitative estimate of drug-likeness (QED) is 0.866. The van der Waals surface area contributed by atoms with Crippen LogP contribution in [0.15, 0.2) is 24.3 Å². The first kappa shape index (κ1) is 15.4. The van der Waals surface area contributed by atoms with Crippen LogP contribution < -0.4 is 5.32 Å². The van der Waals surface area contributed by atoms with Crippen LogP contribution in [0, 0.1) is 11.3 Å². The van der Waals surface area contributed by atoms with Crippen molar-refractivity contribution in [2.75, 3.05) is 6.54 Å². The molecule has 1 aliphatic rings. The molecule has 2 N–H and O–H groups in total. The van der Waals surface area contributed by atoms with E-state index < -0.39 is 0 Å². The lowest BCUT2D eigenvalue weighted by atomic mass is 9.71. The third kappa shape index (κ3) is 4.52. The van der Waals surface area contributed by atoms with Crippen LogP contribution in [-0.4, -0.2) is 17.7 Å². The van der Waals surface area contributed by atoms with Crippen LogP contribution in [0.1, 0.15) is 52.0 Å². The van der Waals surface area contributed by atoms with Crippen molar-refractivity contribution in [1.29, 1.82) is 0 Å². The second kappa shape index (κ2) is 6.62. The minimum atomic E-state index is 0.349. The van der Waals surface area contributed by atoms with Gasteiger partial charge in [0.1, 0.15) is 5.75 Å². The molecule has 0 heterocycles.